The van der Waals surface area contributed by atoms with E-state index in [1.54, 1.807) is 10.9 Å². The molecule has 0 radical (unpaired) electrons. The molecular formula is C14H18N4O. The molecule has 0 unspecified atom stereocenters. The van der Waals surface area contributed by atoms with Crippen molar-refractivity contribution in [2.45, 2.75) is 19.8 Å². The van der Waals surface area contributed by atoms with E-state index in [9.17, 15) is 4.79 Å². The first-order valence-electron chi connectivity index (χ1n) is 6.19. The van der Waals surface area contributed by atoms with Crippen molar-refractivity contribution in [3.8, 4) is 0 Å². The number of carbonyl (C=O) groups excluding carboxylic acids is 1. The smallest absolute Gasteiger partial charge is 0.224 e. The van der Waals surface area contributed by atoms with E-state index in [4.69, 9.17) is 5.73 Å². The second-order valence-electron chi connectivity index (χ2n) is 4.55. The third-order valence-corrected chi connectivity index (χ3v) is 2.96. The molecule has 0 fully saturated rings. The Labute approximate surface area is 112 Å². The summed E-state index contributed by atoms with van der Waals surface area (Å²) in [6.07, 6.45) is 2.84. The number of aryl methyl sites for hydroxylation is 3. The molecule has 0 aliphatic rings. The predicted octanol–water partition coefficient (Wildman–Crippen LogP) is 1.88. The zero-order valence-corrected chi connectivity index (χ0v) is 11.2. The SMILES string of the molecule is Cc1nn(C)cc1NC(=O)CCc1ccccc1N. The summed E-state index contributed by atoms with van der Waals surface area (Å²) in [7, 11) is 1.83. The maximum absolute atomic E-state index is 11.9. The van der Waals surface area contributed by atoms with Crippen LogP contribution in [0, 0.1) is 6.92 Å². The van der Waals surface area contributed by atoms with Crippen LogP contribution >= 0.6 is 0 Å². The lowest BCUT2D eigenvalue weighted by atomic mass is 10.1. The van der Waals surface area contributed by atoms with Gasteiger partial charge in [0.1, 0.15) is 0 Å². The highest BCUT2D eigenvalue weighted by molar-refractivity contribution is 5.91. The van der Waals surface area contributed by atoms with Crippen molar-refractivity contribution in [3.05, 3.63) is 41.7 Å². The van der Waals surface area contributed by atoms with Gasteiger partial charge >= 0.3 is 0 Å². The van der Waals surface area contributed by atoms with Crippen LogP contribution in [0.4, 0.5) is 11.4 Å². The van der Waals surface area contributed by atoms with E-state index in [-0.39, 0.29) is 5.91 Å². The maximum atomic E-state index is 11.9. The Morgan fingerprint density at radius 2 is 2.16 bits per heavy atom. The fourth-order valence-corrected chi connectivity index (χ4v) is 1.95. The number of hydrogen-bond acceptors (Lipinski definition) is 3. The van der Waals surface area contributed by atoms with E-state index < -0.39 is 0 Å². The van der Waals surface area contributed by atoms with E-state index in [0.29, 0.717) is 12.8 Å². The van der Waals surface area contributed by atoms with Crippen LogP contribution in [0.25, 0.3) is 0 Å². The van der Waals surface area contributed by atoms with Crippen molar-refractivity contribution in [1.82, 2.24) is 9.78 Å². The molecule has 0 saturated carbocycles. The number of para-hydroxylation sites is 1. The number of nitrogen functional groups attached to an aromatic ring is 1. The fourth-order valence-electron chi connectivity index (χ4n) is 1.95. The second kappa shape index (κ2) is 5.56. The summed E-state index contributed by atoms with van der Waals surface area (Å²) in [4.78, 5) is 11.9. The molecule has 3 N–H and O–H groups in total. The fraction of sp³-hybridized carbons (Fsp3) is 0.286. The van der Waals surface area contributed by atoms with Gasteiger partial charge in [-0.2, -0.15) is 5.10 Å². The Kier molecular flexibility index (Phi) is 3.85. The average molecular weight is 258 g/mol. The van der Waals surface area contributed by atoms with Gasteiger partial charge in [-0.3, -0.25) is 9.48 Å². The monoisotopic (exact) mass is 258 g/mol. The number of anilines is 2. The molecule has 100 valence electrons. The topological polar surface area (TPSA) is 72.9 Å². The molecule has 19 heavy (non-hydrogen) atoms. The summed E-state index contributed by atoms with van der Waals surface area (Å²) in [5.74, 6) is -0.0284. The Morgan fingerprint density at radius 3 is 2.79 bits per heavy atom. The molecule has 1 amide bonds. The van der Waals surface area contributed by atoms with Gasteiger partial charge in [-0.05, 0) is 25.0 Å². The average Bonchev–Trinajstić information content (AvgIpc) is 2.67. The number of rotatable bonds is 4. The van der Waals surface area contributed by atoms with Gasteiger partial charge in [0, 0.05) is 25.4 Å². The van der Waals surface area contributed by atoms with Gasteiger partial charge in [0.05, 0.1) is 11.4 Å². The molecule has 5 nitrogen and oxygen atoms in total. The van der Waals surface area contributed by atoms with Crippen LogP contribution in [0.2, 0.25) is 0 Å². The Bertz CT molecular complexity index is 589. The van der Waals surface area contributed by atoms with Crippen LogP contribution < -0.4 is 11.1 Å². The van der Waals surface area contributed by atoms with E-state index in [1.807, 2.05) is 38.2 Å². The van der Waals surface area contributed by atoms with Gasteiger partial charge in [0.25, 0.3) is 0 Å². The van der Waals surface area contributed by atoms with Crippen LogP contribution in [-0.4, -0.2) is 15.7 Å². The molecule has 0 aliphatic heterocycles. The quantitative estimate of drug-likeness (QED) is 0.822. The first-order valence-corrected chi connectivity index (χ1v) is 6.19. The third kappa shape index (κ3) is 3.34. The first-order chi connectivity index (χ1) is 9.06. The summed E-state index contributed by atoms with van der Waals surface area (Å²) in [5, 5.41) is 7.04. The van der Waals surface area contributed by atoms with Gasteiger partial charge in [-0.1, -0.05) is 18.2 Å². The minimum Gasteiger partial charge on any atom is -0.399 e. The molecule has 0 bridgehead atoms. The lowest BCUT2D eigenvalue weighted by molar-refractivity contribution is -0.116. The molecule has 0 saturated heterocycles. The largest absolute Gasteiger partial charge is 0.399 e. The summed E-state index contributed by atoms with van der Waals surface area (Å²) in [6, 6.07) is 7.60. The molecule has 2 aromatic rings. The first kappa shape index (κ1) is 13.1. The number of carbonyl (C=O) groups is 1. The number of amides is 1. The zero-order chi connectivity index (χ0) is 13.8. The van der Waals surface area contributed by atoms with Crippen molar-refractivity contribution in [2.24, 2.45) is 7.05 Å². The zero-order valence-electron chi connectivity index (χ0n) is 11.2. The molecule has 0 atom stereocenters. The highest BCUT2D eigenvalue weighted by atomic mass is 16.1. The van der Waals surface area contributed by atoms with Gasteiger partial charge in [0.2, 0.25) is 5.91 Å². The molecule has 5 heteroatoms. The van der Waals surface area contributed by atoms with Crippen molar-refractivity contribution in [2.75, 3.05) is 11.1 Å². The van der Waals surface area contributed by atoms with Crippen LogP contribution in [0.15, 0.2) is 30.5 Å². The molecule has 0 aliphatic carbocycles. The Balaban J connectivity index is 1.92. The van der Waals surface area contributed by atoms with Crippen molar-refractivity contribution < 1.29 is 4.79 Å². The number of hydrogen-bond donors (Lipinski definition) is 2. The molecule has 2 rings (SSSR count). The number of nitrogens with one attached hydrogen (secondary N) is 1. The van der Waals surface area contributed by atoms with Crippen LogP contribution in [0.3, 0.4) is 0 Å². The highest BCUT2D eigenvalue weighted by Gasteiger charge is 2.08. The summed E-state index contributed by atoms with van der Waals surface area (Å²) in [6.45, 7) is 1.87. The highest BCUT2D eigenvalue weighted by Crippen LogP contribution is 2.15. The van der Waals surface area contributed by atoms with Crippen molar-refractivity contribution >= 4 is 17.3 Å². The third-order valence-electron chi connectivity index (χ3n) is 2.96. The standard InChI is InChI=1S/C14H18N4O/c1-10-13(9-18(2)17-10)16-14(19)8-7-11-5-3-4-6-12(11)15/h3-6,9H,7-8,15H2,1-2H3,(H,16,19). The summed E-state index contributed by atoms with van der Waals surface area (Å²) < 4.78 is 1.68. The van der Waals surface area contributed by atoms with E-state index in [0.717, 1.165) is 22.6 Å². The summed E-state index contributed by atoms with van der Waals surface area (Å²) in [5.41, 5.74) is 9.14. The lowest BCUT2D eigenvalue weighted by Crippen LogP contribution is -2.13. The normalized spacial score (nSPS) is 10.4. The van der Waals surface area contributed by atoms with E-state index in [2.05, 4.69) is 10.4 Å². The number of nitrogens with zero attached hydrogens (tertiary/aromatic N) is 2. The summed E-state index contributed by atoms with van der Waals surface area (Å²) >= 11 is 0. The number of benzene rings is 1. The molecule has 1 aromatic carbocycles. The van der Waals surface area contributed by atoms with Gasteiger partial charge in [-0.15, -0.1) is 0 Å². The van der Waals surface area contributed by atoms with Crippen LogP contribution in [-0.2, 0) is 18.3 Å². The van der Waals surface area contributed by atoms with E-state index in [1.165, 1.54) is 0 Å². The molecule has 1 aromatic heterocycles. The van der Waals surface area contributed by atoms with Crippen LogP contribution in [0.5, 0.6) is 0 Å². The lowest BCUT2D eigenvalue weighted by Gasteiger charge is -2.06. The van der Waals surface area contributed by atoms with Crippen molar-refractivity contribution in [3.63, 3.8) is 0 Å². The maximum Gasteiger partial charge on any atom is 0.224 e. The molecular weight excluding hydrogens is 240 g/mol. The minimum atomic E-state index is -0.0284. The Hall–Kier alpha value is -2.30. The minimum absolute atomic E-state index is 0.0284. The van der Waals surface area contributed by atoms with E-state index >= 15 is 0 Å². The van der Waals surface area contributed by atoms with Gasteiger partial charge in [0.15, 0.2) is 0 Å². The van der Waals surface area contributed by atoms with Gasteiger partial charge < -0.3 is 11.1 Å². The van der Waals surface area contributed by atoms with Crippen molar-refractivity contribution in [1.29, 1.82) is 0 Å². The number of aromatic nitrogens is 2. The predicted molar refractivity (Wildman–Crippen MR) is 75.8 cm³/mol. The number of nitrogens with two attached hydrogens (primary N) is 1. The van der Waals surface area contributed by atoms with Gasteiger partial charge in [-0.25, -0.2) is 0 Å². The molecule has 0 spiro atoms. The second-order valence-corrected chi connectivity index (χ2v) is 4.55. The molecule has 1 heterocycles. The Morgan fingerprint density at radius 1 is 1.42 bits per heavy atom. The van der Waals surface area contributed by atoms with Crippen LogP contribution in [0.1, 0.15) is 17.7 Å².